The van der Waals surface area contributed by atoms with Crippen LogP contribution in [0.3, 0.4) is 0 Å². The van der Waals surface area contributed by atoms with Gasteiger partial charge in [0.1, 0.15) is 31.4 Å². The lowest BCUT2D eigenvalue weighted by atomic mass is 10.4. The minimum Gasteiger partial charge on any atom is -0.324 e. The predicted octanol–water partition coefficient (Wildman–Crippen LogP) is -2.37. The fourth-order valence-electron chi connectivity index (χ4n) is 2.38. The van der Waals surface area contributed by atoms with Crippen LogP contribution in [0, 0.1) is 0 Å². The third-order valence-corrected chi connectivity index (χ3v) is 6.41. The largest absolute Gasteiger partial charge is 0.339 e. The van der Waals surface area contributed by atoms with Crippen molar-refractivity contribution in [2.24, 2.45) is 0 Å². The van der Waals surface area contributed by atoms with Crippen LogP contribution < -0.4 is 0 Å². The SMILES string of the molecule is O=CCN(CCN(CP(=O)(O)O)CP(=O)(O)O)CCN(CP(=O)(O)O)CP(=O)(O)O. The van der Waals surface area contributed by atoms with Gasteiger partial charge in [0.25, 0.3) is 0 Å². The van der Waals surface area contributed by atoms with Gasteiger partial charge in [-0.15, -0.1) is 0 Å². The highest BCUT2D eigenvalue weighted by Gasteiger charge is 2.28. The molecule has 8 N–H and O–H groups in total. The van der Waals surface area contributed by atoms with Crippen molar-refractivity contribution in [3.05, 3.63) is 0 Å². The van der Waals surface area contributed by atoms with Crippen LogP contribution in [-0.4, -0.2) is 118 Å². The van der Waals surface area contributed by atoms with Crippen molar-refractivity contribution in [3.63, 3.8) is 0 Å². The van der Waals surface area contributed by atoms with Crippen molar-refractivity contribution in [2.75, 3.05) is 57.9 Å². The first-order valence-corrected chi connectivity index (χ1v) is 15.3. The Labute approximate surface area is 172 Å². The molecule has 0 aromatic rings. The Bertz CT molecular complexity index is 623. The van der Waals surface area contributed by atoms with Gasteiger partial charge in [0.2, 0.25) is 0 Å². The van der Waals surface area contributed by atoms with Crippen molar-refractivity contribution >= 4 is 36.7 Å². The average molecular weight is 521 g/mol. The second-order valence-electron chi connectivity index (χ2n) is 6.48. The molecule has 0 aliphatic carbocycles. The second kappa shape index (κ2) is 12.4. The second-order valence-corrected chi connectivity index (χ2v) is 12.9. The molecule has 20 heteroatoms. The molecule has 16 nitrogen and oxygen atoms in total. The van der Waals surface area contributed by atoms with E-state index in [4.69, 9.17) is 39.1 Å². The summed E-state index contributed by atoms with van der Waals surface area (Å²) in [5, 5.41) is 0. The fourth-order valence-corrected chi connectivity index (χ4v) is 5.75. The summed E-state index contributed by atoms with van der Waals surface area (Å²) in [5.74, 6) is 0. The van der Waals surface area contributed by atoms with Gasteiger partial charge in [0.15, 0.2) is 0 Å². The molecule has 0 heterocycles. The van der Waals surface area contributed by atoms with E-state index < -0.39 is 55.5 Å². The number of hydrogen-bond donors (Lipinski definition) is 8. The molecule has 0 bridgehead atoms. The highest BCUT2D eigenvalue weighted by atomic mass is 31.2. The molecule has 0 amide bonds. The first-order valence-electron chi connectivity index (χ1n) is 8.09. The van der Waals surface area contributed by atoms with Crippen LogP contribution in [-0.2, 0) is 23.1 Å². The van der Waals surface area contributed by atoms with Gasteiger partial charge in [-0.3, -0.25) is 33.0 Å². The lowest BCUT2D eigenvalue weighted by Crippen LogP contribution is -2.41. The Balaban J connectivity index is 5.11. The van der Waals surface area contributed by atoms with Crippen molar-refractivity contribution in [3.8, 4) is 0 Å². The summed E-state index contributed by atoms with van der Waals surface area (Å²) in [5.41, 5.74) is 0. The molecule has 0 unspecified atom stereocenters. The molecule has 0 aromatic heterocycles. The number of aldehydes is 1. The topological polar surface area (TPSA) is 257 Å². The van der Waals surface area contributed by atoms with E-state index >= 15 is 0 Å². The normalized spacial score (nSPS) is 14.1. The molecule has 0 aromatic carbocycles. The zero-order chi connectivity index (χ0) is 23.8. The van der Waals surface area contributed by atoms with E-state index in [1.54, 1.807) is 0 Å². The van der Waals surface area contributed by atoms with Gasteiger partial charge in [0.05, 0.1) is 6.54 Å². The molecule has 0 radical (unpaired) electrons. The minimum absolute atomic E-state index is 0.127. The molecule has 0 aliphatic rings. The van der Waals surface area contributed by atoms with Gasteiger partial charge in [-0.2, -0.15) is 0 Å². The molecular formula is C10H27N3O13P4. The van der Waals surface area contributed by atoms with Gasteiger partial charge in [-0.1, -0.05) is 0 Å². The summed E-state index contributed by atoms with van der Waals surface area (Å²) in [6, 6.07) is 0. The van der Waals surface area contributed by atoms with E-state index in [9.17, 15) is 23.1 Å². The first kappa shape index (κ1) is 30.1. The number of carbonyl (C=O) groups is 1. The third-order valence-electron chi connectivity index (χ3n) is 3.33. The van der Waals surface area contributed by atoms with Crippen molar-refractivity contribution < 1.29 is 62.2 Å². The maximum atomic E-state index is 11.2. The molecule has 180 valence electrons. The standard InChI is InChI=1S/C10H27N3O13P4/c14-6-5-11(1-3-12(7-27(15,16)17)8-28(18,19)20)2-4-13(9-29(21,22)23)10-30(24,25)26/h6H,1-5,7-10H2,(H2,15,16,17)(H2,18,19,20)(H2,21,22,23)(H2,24,25,26). The zero-order valence-corrected chi connectivity index (χ0v) is 19.3. The number of hydrogen-bond acceptors (Lipinski definition) is 8. The Hall–Kier alpha value is 0.150. The molecular weight excluding hydrogens is 494 g/mol. The van der Waals surface area contributed by atoms with E-state index in [-0.39, 0.29) is 32.7 Å². The van der Waals surface area contributed by atoms with Crippen LogP contribution in [0.1, 0.15) is 0 Å². The highest BCUT2D eigenvalue weighted by molar-refractivity contribution is 7.53. The Morgan fingerprint density at radius 3 is 0.933 bits per heavy atom. The lowest BCUT2D eigenvalue weighted by Gasteiger charge is -2.29. The lowest BCUT2D eigenvalue weighted by molar-refractivity contribution is -0.109. The van der Waals surface area contributed by atoms with Gasteiger partial charge >= 0.3 is 30.4 Å². The predicted molar refractivity (Wildman–Crippen MR) is 104 cm³/mol. The monoisotopic (exact) mass is 521 g/mol. The molecule has 0 fully saturated rings. The number of nitrogens with zero attached hydrogens (tertiary/aromatic N) is 3. The number of rotatable bonds is 16. The van der Waals surface area contributed by atoms with E-state index in [1.807, 2.05) is 0 Å². The Kier molecular flexibility index (Phi) is 12.5. The maximum Gasteiger partial charge on any atom is 0.339 e. The molecule has 0 rings (SSSR count). The van der Waals surface area contributed by atoms with Crippen molar-refractivity contribution in [1.29, 1.82) is 0 Å². The maximum absolute atomic E-state index is 11.2. The van der Waals surface area contributed by atoms with Gasteiger partial charge in [-0.25, -0.2) is 0 Å². The summed E-state index contributed by atoms with van der Waals surface area (Å²) >= 11 is 0. The quantitative estimate of drug-likeness (QED) is 0.0780. The Morgan fingerprint density at radius 1 is 0.500 bits per heavy atom. The summed E-state index contributed by atoms with van der Waals surface area (Å²) < 4.78 is 44.6. The van der Waals surface area contributed by atoms with Crippen LogP contribution in [0.15, 0.2) is 0 Å². The molecule has 0 spiro atoms. The molecule has 0 atom stereocenters. The van der Waals surface area contributed by atoms with E-state index in [0.29, 0.717) is 6.29 Å². The van der Waals surface area contributed by atoms with Gasteiger partial charge < -0.3 is 43.9 Å². The van der Waals surface area contributed by atoms with E-state index in [1.165, 1.54) is 4.90 Å². The van der Waals surface area contributed by atoms with Crippen LogP contribution in [0.25, 0.3) is 0 Å². The van der Waals surface area contributed by atoms with Crippen molar-refractivity contribution in [1.82, 2.24) is 14.7 Å². The van der Waals surface area contributed by atoms with Crippen molar-refractivity contribution in [2.45, 2.75) is 0 Å². The summed E-state index contributed by atoms with van der Waals surface area (Å²) in [6.45, 7) is -1.06. The molecule has 0 saturated heterocycles. The van der Waals surface area contributed by atoms with Gasteiger partial charge in [-0.05, 0) is 0 Å². The smallest absolute Gasteiger partial charge is 0.324 e. The highest BCUT2D eigenvalue weighted by Crippen LogP contribution is 2.41. The Morgan fingerprint density at radius 2 is 0.733 bits per heavy atom. The summed E-state index contributed by atoms with van der Waals surface area (Å²) in [7, 11) is -18.6. The summed E-state index contributed by atoms with van der Waals surface area (Å²) in [4.78, 5) is 86.1. The van der Waals surface area contributed by atoms with E-state index in [0.717, 1.165) is 9.80 Å². The van der Waals surface area contributed by atoms with Crippen LogP contribution in [0.2, 0.25) is 0 Å². The third kappa shape index (κ3) is 18.9. The fraction of sp³-hybridized carbons (Fsp3) is 0.900. The van der Waals surface area contributed by atoms with Gasteiger partial charge in [0, 0.05) is 26.2 Å². The zero-order valence-electron chi connectivity index (χ0n) is 15.7. The van der Waals surface area contributed by atoms with Crippen LogP contribution in [0.4, 0.5) is 0 Å². The van der Waals surface area contributed by atoms with E-state index in [2.05, 4.69) is 0 Å². The summed E-state index contributed by atoms with van der Waals surface area (Å²) in [6.07, 6.45) is -3.34. The molecule has 0 saturated carbocycles. The van der Waals surface area contributed by atoms with Crippen LogP contribution >= 0.6 is 30.4 Å². The van der Waals surface area contributed by atoms with Crippen LogP contribution in [0.5, 0.6) is 0 Å². The molecule has 30 heavy (non-hydrogen) atoms. The number of carbonyl (C=O) groups excluding carboxylic acids is 1. The average Bonchev–Trinajstić information content (AvgIpc) is 2.43. The first-order chi connectivity index (χ1) is 13.3. The minimum atomic E-state index is -4.65. The molecule has 0 aliphatic heterocycles.